The first-order valence-electron chi connectivity index (χ1n) is 4.18. The molecule has 0 aromatic carbocycles. The first kappa shape index (κ1) is 12.5. The molecule has 0 radical (unpaired) electrons. The van der Waals surface area contributed by atoms with Gasteiger partial charge in [0.2, 0.25) is 5.91 Å². The minimum Gasteiger partial charge on any atom is -0.375 e. The Morgan fingerprint density at radius 1 is 1.69 bits per heavy atom. The smallest absolute Gasteiger partial charge is 0.237 e. The molecule has 0 bridgehead atoms. The zero-order chi connectivity index (χ0) is 10.3. The molecule has 0 aliphatic carbocycles. The Hall–Kier alpha value is -0.540. The van der Waals surface area contributed by atoms with Crippen LogP contribution in [0, 0.1) is 0 Å². The van der Waals surface area contributed by atoms with Crippen molar-refractivity contribution in [2.24, 2.45) is 0 Å². The van der Waals surface area contributed by atoms with Crippen molar-refractivity contribution < 1.29 is 9.53 Å². The van der Waals surface area contributed by atoms with Gasteiger partial charge in [0.15, 0.2) is 0 Å². The fraction of sp³-hybridized carbons (Fsp3) is 0.667. The first-order chi connectivity index (χ1) is 6.04. The minimum absolute atomic E-state index is 0.166. The molecule has 76 valence electrons. The lowest BCUT2D eigenvalue weighted by Crippen LogP contribution is -2.32. The van der Waals surface area contributed by atoms with Crippen molar-refractivity contribution in [1.82, 2.24) is 5.32 Å². The van der Waals surface area contributed by atoms with Crippen molar-refractivity contribution in [3.63, 3.8) is 0 Å². The molecule has 0 rings (SSSR count). The van der Waals surface area contributed by atoms with Crippen LogP contribution in [0.1, 0.15) is 13.8 Å². The Bertz CT molecular complexity index is 180. The Labute approximate surface area is 84.1 Å². The van der Waals surface area contributed by atoms with E-state index in [4.69, 9.17) is 16.3 Å². The largest absolute Gasteiger partial charge is 0.375 e. The number of nitrogens with one attached hydrogen (secondary N) is 1. The normalized spacial score (nSPS) is 12.2. The van der Waals surface area contributed by atoms with Crippen molar-refractivity contribution in [3.05, 3.63) is 12.2 Å². The van der Waals surface area contributed by atoms with Crippen LogP contribution in [-0.2, 0) is 9.53 Å². The zero-order valence-corrected chi connectivity index (χ0v) is 8.86. The van der Waals surface area contributed by atoms with Crippen LogP contribution in [0.2, 0.25) is 0 Å². The van der Waals surface area contributed by atoms with E-state index in [-0.39, 0.29) is 5.91 Å². The van der Waals surface area contributed by atoms with Gasteiger partial charge in [0.25, 0.3) is 0 Å². The quantitative estimate of drug-likeness (QED) is 0.404. The van der Waals surface area contributed by atoms with Gasteiger partial charge in [0.05, 0.1) is 13.2 Å². The number of halogens is 1. The van der Waals surface area contributed by atoms with E-state index in [1.165, 1.54) is 0 Å². The number of hydrogen-bond acceptors (Lipinski definition) is 2. The Balaban J connectivity index is 3.26. The lowest BCUT2D eigenvalue weighted by molar-refractivity contribution is -0.120. The number of carbonyl (C=O) groups excluding carboxylic acids is 1. The monoisotopic (exact) mass is 205 g/mol. The molecule has 1 unspecified atom stereocenters. The van der Waals surface area contributed by atoms with E-state index < -0.39 is 5.38 Å². The molecule has 0 saturated carbocycles. The highest BCUT2D eigenvalue weighted by Gasteiger charge is 2.06. The fourth-order valence-corrected chi connectivity index (χ4v) is 0.711. The average Bonchev–Trinajstić information content (AvgIpc) is 2.02. The summed E-state index contributed by atoms with van der Waals surface area (Å²) in [5, 5.41) is 2.15. The van der Waals surface area contributed by atoms with Crippen LogP contribution in [0.5, 0.6) is 0 Å². The van der Waals surface area contributed by atoms with Crippen LogP contribution >= 0.6 is 11.6 Å². The number of amides is 1. The van der Waals surface area contributed by atoms with Crippen LogP contribution in [0.3, 0.4) is 0 Å². The summed E-state index contributed by atoms with van der Waals surface area (Å²) in [7, 11) is 0. The number of rotatable bonds is 6. The van der Waals surface area contributed by atoms with Gasteiger partial charge in [0.1, 0.15) is 5.38 Å². The Morgan fingerprint density at radius 2 is 2.31 bits per heavy atom. The average molecular weight is 206 g/mol. The molecular formula is C9H16ClNO2. The zero-order valence-electron chi connectivity index (χ0n) is 8.10. The summed E-state index contributed by atoms with van der Waals surface area (Å²) in [6.07, 6.45) is 0. The molecule has 1 amide bonds. The SMILES string of the molecule is C=C(C)COCCNC(=O)C(C)Cl. The van der Waals surface area contributed by atoms with Gasteiger partial charge >= 0.3 is 0 Å². The van der Waals surface area contributed by atoms with E-state index >= 15 is 0 Å². The summed E-state index contributed by atoms with van der Waals surface area (Å²) in [5.41, 5.74) is 0.969. The molecular weight excluding hydrogens is 190 g/mol. The second-order valence-electron chi connectivity index (χ2n) is 2.92. The van der Waals surface area contributed by atoms with Crippen LogP contribution < -0.4 is 5.32 Å². The van der Waals surface area contributed by atoms with Gasteiger partial charge in [-0.1, -0.05) is 12.2 Å². The highest BCUT2D eigenvalue weighted by atomic mass is 35.5. The molecule has 0 aromatic rings. The number of hydrogen-bond donors (Lipinski definition) is 1. The van der Waals surface area contributed by atoms with Crippen molar-refractivity contribution >= 4 is 17.5 Å². The summed E-state index contributed by atoms with van der Waals surface area (Å²) < 4.78 is 5.17. The predicted octanol–water partition coefficient (Wildman–Crippen LogP) is 1.32. The van der Waals surface area contributed by atoms with Gasteiger partial charge in [-0.15, -0.1) is 11.6 Å². The number of alkyl halides is 1. The first-order valence-corrected chi connectivity index (χ1v) is 4.61. The summed E-state index contributed by atoms with van der Waals surface area (Å²) in [6.45, 7) is 8.71. The third kappa shape index (κ3) is 7.81. The van der Waals surface area contributed by atoms with Gasteiger partial charge < -0.3 is 10.1 Å². The lowest BCUT2D eigenvalue weighted by Gasteiger charge is -2.06. The molecule has 0 fully saturated rings. The molecule has 4 heteroatoms. The van der Waals surface area contributed by atoms with E-state index in [1.54, 1.807) is 6.92 Å². The fourth-order valence-electron chi connectivity index (χ4n) is 0.633. The van der Waals surface area contributed by atoms with Gasteiger partial charge in [-0.3, -0.25) is 4.79 Å². The Kier molecular flexibility index (Phi) is 6.63. The maximum absolute atomic E-state index is 10.9. The van der Waals surface area contributed by atoms with Gasteiger partial charge in [-0.05, 0) is 13.8 Å². The third-order valence-corrected chi connectivity index (χ3v) is 1.45. The van der Waals surface area contributed by atoms with E-state index in [0.717, 1.165) is 5.57 Å². The minimum atomic E-state index is -0.485. The van der Waals surface area contributed by atoms with Gasteiger partial charge in [-0.2, -0.15) is 0 Å². The number of carbonyl (C=O) groups is 1. The molecule has 0 saturated heterocycles. The van der Waals surface area contributed by atoms with Gasteiger partial charge in [0, 0.05) is 6.54 Å². The van der Waals surface area contributed by atoms with Crippen molar-refractivity contribution in [2.75, 3.05) is 19.8 Å². The topological polar surface area (TPSA) is 38.3 Å². The molecule has 0 aliphatic rings. The molecule has 13 heavy (non-hydrogen) atoms. The van der Waals surface area contributed by atoms with E-state index in [2.05, 4.69) is 11.9 Å². The van der Waals surface area contributed by atoms with Crippen LogP contribution in [0.25, 0.3) is 0 Å². The molecule has 0 aliphatic heterocycles. The van der Waals surface area contributed by atoms with E-state index in [0.29, 0.717) is 19.8 Å². The van der Waals surface area contributed by atoms with Crippen molar-refractivity contribution in [3.8, 4) is 0 Å². The molecule has 0 spiro atoms. The van der Waals surface area contributed by atoms with Crippen LogP contribution in [-0.4, -0.2) is 31.0 Å². The van der Waals surface area contributed by atoms with Crippen molar-refractivity contribution in [1.29, 1.82) is 0 Å². The molecule has 3 nitrogen and oxygen atoms in total. The molecule has 0 aromatic heterocycles. The van der Waals surface area contributed by atoms with Gasteiger partial charge in [-0.25, -0.2) is 0 Å². The second kappa shape index (κ2) is 6.92. The second-order valence-corrected chi connectivity index (χ2v) is 3.57. The third-order valence-electron chi connectivity index (χ3n) is 1.26. The number of ether oxygens (including phenoxy) is 1. The summed E-state index contributed by atoms with van der Waals surface area (Å²) in [4.78, 5) is 10.9. The summed E-state index contributed by atoms with van der Waals surface area (Å²) >= 11 is 5.52. The predicted molar refractivity (Wildman–Crippen MR) is 54.0 cm³/mol. The maximum atomic E-state index is 10.9. The highest BCUT2D eigenvalue weighted by Crippen LogP contribution is 1.91. The van der Waals surface area contributed by atoms with Crippen LogP contribution in [0.15, 0.2) is 12.2 Å². The molecule has 0 heterocycles. The summed E-state index contributed by atoms with van der Waals surface area (Å²) in [5.74, 6) is -0.166. The Morgan fingerprint density at radius 3 is 2.77 bits per heavy atom. The van der Waals surface area contributed by atoms with Crippen LogP contribution in [0.4, 0.5) is 0 Å². The van der Waals surface area contributed by atoms with E-state index in [1.807, 2.05) is 6.92 Å². The maximum Gasteiger partial charge on any atom is 0.237 e. The van der Waals surface area contributed by atoms with Crippen molar-refractivity contribution in [2.45, 2.75) is 19.2 Å². The standard InChI is InChI=1S/C9H16ClNO2/c1-7(2)6-13-5-4-11-9(12)8(3)10/h8H,1,4-6H2,2-3H3,(H,11,12). The lowest BCUT2D eigenvalue weighted by atomic mass is 10.4. The highest BCUT2D eigenvalue weighted by molar-refractivity contribution is 6.30. The summed E-state index contributed by atoms with van der Waals surface area (Å²) in [6, 6.07) is 0. The van der Waals surface area contributed by atoms with E-state index in [9.17, 15) is 4.79 Å². The molecule has 1 N–H and O–H groups in total. The molecule has 1 atom stereocenters.